The Kier molecular flexibility index (Phi) is 8.53. The summed E-state index contributed by atoms with van der Waals surface area (Å²) in [5.74, 6) is 0.303. The Labute approximate surface area is 145 Å². The van der Waals surface area contributed by atoms with Gasteiger partial charge in [-0.05, 0) is 6.92 Å². The van der Waals surface area contributed by atoms with Gasteiger partial charge in [-0.3, -0.25) is 5.78 Å². The molecule has 2 aromatic rings. The minimum atomic E-state index is -1.03. The maximum absolute atomic E-state index is 11.0. The first kappa shape index (κ1) is 20.8. The van der Waals surface area contributed by atoms with Crippen LogP contribution in [0.15, 0.2) is 42.5 Å². The van der Waals surface area contributed by atoms with Crippen LogP contribution in [-0.4, -0.2) is 19.6 Å². The van der Waals surface area contributed by atoms with Gasteiger partial charge in [-0.2, -0.15) is 18.2 Å². The number of ketones is 2. The molecule has 0 spiro atoms. The van der Waals surface area contributed by atoms with Gasteiger partial charge < -0.3 is 38.9 Å². The second-order valence-corrected chi connectivity index (χ2v) is 12.0. The standard InChI is InChI=1S/C11H17OSi.C7H7O.Fe/c1-9(12)11-6-5-10(7-11)8-13(2,3)4;1-6(8)7-4-2-3-5-7;/h5-7H,8H2,1-4H3;2-5H,1H3;/q-5;-1;. The van der Waals surface area contributed by atoms with E-state index in [1.54, 1.807) is 13.8 Å². The summed E-state index contributed by atoms with van der Waals surface area (Å²) < 4.78 is 0. The summed E-state index contributed by atoms with van der Waals surface area (Å²) in [5, 5.41) is 0. The fraction of sp³-hybridized carbons (Fsp3) is 0.333. The summed E-state index contributed by atoms with van der Waals surface area (Å²) in [6.07, 6.45) is 0. The van der Waals surface area contributed by atoms with Crippen molar-refractivity contribution in [1.82, 2.24) is 0 Å². The summed E-state index contributed by atoms with van der Waals surface area (Å²) in [5.41, 5.74) is 2.97. The van der Waals surface area contributed by atoms with Crippen LogP contribution < -0.4 is 0 Å². The third-order valence-electron chi connectivity index (χ3n) is 3.03. The minimum Gasteiger partial charge on any atom is -0.718 e. The summed E-state index contributed by atoms with van der Waals surface area (Å²) in [6.45, 7) is 10.2. The predicted octanol–water partition coefficient (Wildman–Crippen LogP) is 4.63. The van der Waals surface area contributed by atoms with Gasteiger partial charge in [0, 0.05) is 25.1 Å². The van der Waals surface area contributed by atoms with Crippen LogP contribution in [0.5, 0.6) is 0 Å². The maximum atomic E-state index is 11.0. The molecule has 0 radical (unpaired) electrons. The summed E-state index contributed by atoms with van der Waals surface area (Å²) in [4.78, 5) is 21.5. The van der Waals surface area contributed by atoms with E-state index in [0.717, 1.165) is 11.1 Å². The average molecular weight is 356 g/mol. The van der Waals surface area contributed by atoms with Crippen LogP contribution >= 0.6 is 0 Å². The molecule has 0 aliphatic carbocycles. The molecule has 0 fully saturated rings. The van der Waals surface area contributed by atoms with Gasteiger partial charge in [-0.1, -0.05) is 25.2 Å². The third-order valence-corrected chi connectivity index (χ3v) is 4.50. The largest absolute Gasteiger partial charge is 0.718 e. The van der Waals surface area contributed by atoms with Crippen molar-refractivity contribution in [2.24, 2.45) is 0 Å². The van der Waals surface area contributed by atoms with Crippen LogP contribution in [-0.2, 0) is 23.1 Å². The number of hydrogen-bond acceptors (Lipinski definition) is 2. The summed E-state index contributed by atoms with van der Waals surface area (Å²) in [7, 11) is -1.03. The Morgan fingerprint density at radius 1 is 1.00 bits per heavy atom. The van der Waals surface area contributed by atoms with E-state index in [-0.39, 0.29) is 28.6 Å². The predicted molar refractivity (Wildman–Crippen MR) is 91.1 cm³/mol. The van der Waals surface area contributed by atoms with Crippen molar-refractivity contribution in [2.45, 2.75) is 39.5 Å². The molecule has 22 heavy (non-hydrogen) atoms. The van der Waals surface area contributed by atoms with Gasteiger partial charge >= 0.3 is 0 Å². The van der Waals surface area contributed by atoms with Gasteiger partial charge in [0.15, 0.2) is 0 Å². The Morgan fingerprint density at radius 3 is 1.86 bits per heavy atom. The fourth-order valence-corrected chi connectivity index (χ4v) is 3.49. The Hall–Kier alpha value is -1.22. The van der Waals surface area contributed by atoms with Gasteiger partial charge in [0.2, 0.25) is 0 Å². The smallest absolute Gasteiger partial charge is 0.105 e. The molecule has 126 valence electrons. The van der Waals surface area contributed by atoms with Gasteiger partial charge in [0.05, 0.1) is 0 Å². The minimum absolute atomic E-state index is 0. The van der Waals surface area contributed by atoms with Crippen LogP contribution in [0.2, 0.25) is 19.6 Å². The first-order valence-electron chi connectivity index (χ1n) is 7.18. The number of carbonyl (C=O) groups excluding carboxylic acids is 2. The molecule has 4 heteroatoms. The first-order valence-corrected chi connectivity index (χ1v) is 10.9. The molecule has 0 saturated carbocycles. The van der Waals surface area contributed by atoms with Crippen LogP contribution in [0.25, 0.3) is 0 Å². The van der Waals surface area contributed by atoms with Crippen molar-refractivity contribution < 1.29 is 26.7 Å². The molecule has 0 amide bonds. The van der Waals surface area contributed by atoms with Gasteiger partial charge in [0.25, 0.3) is 0 Å². The van der Waals surface area contributed by atoms with E-state index in [0.29, 0.717) is 0 Å². The number of carbonyl (C=O) groups is 2. The van der Waals surface area contributed by atoms with Crippen LogP contribution in [0.1, 0.15) is 40.1 Å². The molecule has 0 unspecified atom stereocenters. The van der Waals surface area contributed by atoms with Crippen molar-refractivity contribution in [3.63, 3.8) is 0 Å². The summed E-state index contributed by atoms with van der Waals surface area (Å²) in [6, 6.07) is 14.5. The third kappa shape index (κ3) is 7.69. The Balaban J connectivity index is 0.000000423. The van der Waals surface area contributed by atoms with Crippen molar-refractivity contribution in [1.29, 1.82) is 0 Å². The van der Waals surface area contributed by atoms with E-state index >= 15 is 0 Å². The molecule has 0 aliphatic rings. The first-order chi connectivity index (χ1) is 9.69. The molecule has 2 nitrogen and oxygen atoms in total. The molecule has 0 aliphatic heterocycles. The fourth-order valence-electron chi connectivity index (χ4n) is 2.04. The zero-order valence-electron chi connectivity index (χ0n) is 13.9. The van der Waals surface area contributed by atoms with E-state index in [1.807, 2.05) is 36.4 Å². The second-order valence-electron chi connectivity index (χ2n) is 6.53. The monoisotopic (exact) mass is 356 g/mol. The SMILES string of the molecule is CC(=O)[c-]1[cH-][cH-][c-](C[Si](C)(C)C)[cH-]1.CC(=O)[c-]1cccc1.[Fe]. The molecule has 2 rings (SSSR count). The molecular weight excluding hydrogens is 332 g/mol. The molecule has 0 N–H and O–H groups in total. The number of rotatable bonds is 4. The van der Waals surface area contributed by atoms with Crippen molar-refractivity contribution in [3.05, 3.63) is 59.2 Å². The van der Waals surface area contributed by atoms with Gasteiger partial charge in [-0.15, -0.1) is 6.92 Å². The van der Waals surface area contributed by atoms with Crippen molar-refractivity contribution in [2.75, 3.05) is 0 Å². The van der Waals surface area contributed by atoms with Crippen LogP contribution in [0.4, 0.5) is 0 Å². The molecule has 0 saturated heterocycles. The molecule has 0 heterocycles. The van der Waals surface area contributed by atoms with Gasteiger partial charge in [-0.25, -0.2) is 12.1 Å². The zero-order valence-corrected chi connectivity index (χ0v) is 16.0. The molecule has 0 atom stereocenters. The Morgan fingerprint density at radius 2 is 1.55 bits per heavy atom. The maximum Gasteiger partial charge on any atom is 0.105 e. The second kappa shape index (κ2) is 9.04. The Bertz CT molecular complexity index is 589. The quantitative estimate of drug-likeness (QED) is 0.455. The number of hydrogen-bond donors (Lipinski definition) is 0. The van der Waals surface area contributed by atoms with Crippen molar-refractivity contribution in [3.8, 4) is 0 Å². The molecular formula is C18H24FeO2Si-6. The zero-order chi connectivity index (χ0) is 16.0. The van der Waals surface area contributed by atoms with Crippen molar-refractivity contribution >= 4 is 19.6 Å². The van der Waals surface area contributed by atoms with E-state index in [1.165, 1.54) is 11.6 Å². The number of Topliss-reactive ketones (excluding diaryl/α,β-unsaturated/α-hetero) is 2. The van der Waals surface area contributed by atoms with Crippen LogP contribution in [0.3, 0.4) is 0 Å². The van der Waals surface area contributed by atoms with E-state index in [4.69, 9.17) is 0 Å². The molecule has 2 aromatic carbocycles. The average Bonchev–Trinajstić information content (AvgIpc) is 2.96. The van der Waals surface area contributed by atoms with E-state index < -0.39 is 8.07 Å². The normalized spacial score (nSPS) is 10.2. The molecule has 0 bridgehead atoms. The molecule has 0 aromatic heterocycles. The topological polar surface area (TPSA) is 34.1 Å². The van der Waals surface area contributed by atoms with E-state index in [9.17, 15) is 9.59 Å². The summed E-state index contributed by atoms with van der Waals surface area (Å²) >= 11 is 0. The van der Waals surface area contributed by atoms with E-state index in [2.05, 4.69) is 25.7 Å². The van der Waals surface area contributed by atoms with Crippen LogP contribution in [0, 0.1) is 0 Å². The van der Waals surface area contributed by atoms with Gasteiger partial charge in [0.1, 0.15) is 5.78 Å².